The maximum absolute atomic E-state index is 13.0. The fourth-order valence-electron chi connectivity index (χ4n) is 0.846. The second-order valence-corrected chi connectivity index (χ2v) is 2.43. The van der Waals surface area contributed by atoms with Gasteiger partial charge in [-0.1, -0.05) is 0 Å². The number of nitrogens with one attached hydrogen (secondary N) is 1. The van der Waals surface area contributed by atoms with Gasteiger partial charge in [-0.15, -0.1) is 0 Å². The van der Waals surface area contributed by atoms with Crippen molar-refractivity contribution in [2.45, 2.75) is 12.0 Å². The van der Waals surface area contributed by atoms with E-state index in [0.717, 1.165) is 0 Å². The Morgan fingerprint density at radius 3 is 2.38 bits per heavy atom. The van der Waals surface area contributed by atoms with Crippen LogP contribution in [-0.2, 0) is 0 Å². The second kappa shape index (κ2) is 3.08. The Bertz CT molecular complexity index is 287. The van der Waals surface area contributed by atoms with Crippen LogP contribution in [0.2, 0.25) is 0 Å². The molecule has 0 saturated carbocycles. The first-order valence-corrected chi connectivity index (χ1v) is 3.17. The van der Waals surface area contributed by atoms with E-state index in [4.69, 9.17) is 0 Å². The highest BCUT2D eigenvalue weighted by Gasteiger charge is 2.46. The zero-order valence-electron chi connectivity index (χ0n) is 6.12. The topological polar surface area (TPSA) is 38.0 Å². The van der Waals surface area contributed by atoms with Gasteiger partial charge in [0.1, 0.15) is 0 Å². The van der Waals surface area contributed by atoms with Crippen LogP contribution in [0.5, 0.6) is 0 Å². The molecule has 3 N–H and O–H groups in total. The third-order valence-electron chi connectivity index (χ3n) is 1.57. The van der Waals surface area contributed by atoms with Gasteiger partial charge >= 0.3 is 0 Å². The van der Waals surface area contributed by atoms with Crippen LogP contribution in [0.1, 0.15) is 0 Å². The molecule has 2 atom stereocenters. The van der Waals surface area contributed by atoms with Gasteiger partial charge in [0.15, 0.2) is 17.5 Å². The Morgan fingerprint density at radius 2 is 1.92 bits per heavy atom. The molecule has 0 aromatic rings. The average Bonchev–Trinajstić information content (AvgIpc) is 2.12. The van der Waals surface area contributed by atoms with Crippen molar-refractivity contribution in [3.8, 4) is 0 Å². The van der Waals surface area contributed by atoms with Crippen molar-refractivity contribution in [1.29, 1.82) is 0 Å². The lowest BCUT2D eigenvalue weighted by atomic mass is 10.0. The number of allylic oxidation sites excluding steroid dienone is 2. The van der Waals surface area contributed by atoms with Crippen LogP contribution in [0.3, 0.4) is 0 Å². The fourth-order valence-corrected chi connectivity index (χ4v) is 0.846. The van der Waals surface area contributed by atoms with Crippen LogP contribution in [0, 0.1) is 0 Å². The first-order valence-electron chi connectivity index (χ1n) is 3.17. The Balaban J connectivity index is 3.14. The van der Waals surface area contributed by atoms with Crippen molar-refractivity contribution in [2.75, 3.05) is 0 Å². The molecule has 7 heteroatoms. The van der Waals surface area contributed by atoms with Crippen molar-refractivity contribution in [2.24, 2.45) is 5.84 Å². The first kappa shape index (κ1) is 10.1. The number of hydrazine groups is 1. The highest BCUT2D eigenvalue weighted by molar-refractivity contribution is 5.34. The molecule has 0 fully saturated rings. The second-order valence-electron chi connectivity index (χ2n) is 2.43. The summed E-state index contributed by atoms with van der Waals surface area (Å²) >= 11 is 0. The van der Waals surface area contributed by atoms with E-state index in [9.17, 15) is 22.0 Å². The Morgan fingerprint density at radius 1 is 1.38 bits per heavy atom. The lowest BCUT2D eigenvalue weighted by Gasteiger charge is -2.26. The molecular formula is C6H5F5N2. The SMILES string of the molecule is NNC1(F)C=C(F)C(F)=C(F)C1F. The molecule has 0 aromatic carbocycles. The standard InChI is InChI=1S/C6H5F5N2/c7-2-1-6(11,13-12)5(10)4(9)3(2)8/h1,5,13H,12H2. The largest absolute Gasteiger partial charge is 0.268 e. The molecule has 0 bridgehead atoms. The summed E-state index contributed by atoms with van der Waals surface area (Å²) in [6, 6.07) is 0. The zero-order chi connectivity index (χ0) is 10.2. The lowest BCUT2D eigenvalue weighted by Crippen LogP contribution is -2.52. The molecule has 1 aliphatic carbocycles. The van der Waals surface area contributed by atoms with E-state index in [-0.39, 0.29) is 6.08 Å². The van der Waals surface area contributed by atoms with Gasteiger partial charge in [-0.25, -0.2) is 27.4 Å². The van der Waals surface area contributed by atoms with Crippen LogP contribution in [0.25, 0.3) is 0 Å². The molecule has 0 heterocycles. The number of hydrogen-bond acceptors (Lipinski definition) is 2. The smallest absolute Gasteiger partial charge is 0.233 e. The maximum atomic E-state index is 13.0. The van der Waals surface area contributed by atoms with Gasteiger partial charge in [0.2, 0.25) is 12.0 Å². The number of hydrogen-bond donors (Lipinski definition) is 2. The van der Waals surface area contributed by atoms with E-state index in [1.807, 2.05) is 0 Å². The molecule has 74 valence electrons. The van der Waals surface area contributed by atoms with Crippen molar-refractivity contribution >= 4 is 0 Å². The summed E-state index contributed by atoms with van der Waals surface area (Å²) in [7, 11) is 0. The molecule has 2 unspecified atom stereocenters. The quantitative estimate of drug-likeness (QED) is 0.291. The van der Waals surface area contributed by atoms with Crippen LogP contribution in [0.15, 0.2) is 23.6 Å². The minimum Gasteiger partial charge on any atom is -0.268 e. The van der Waals surface area contributed by atoms with Crippen LogP contribution in [-0.4, -0.2) is 12.0 Å². The van der Waals surface area contributed by atoms with Crippen LogP contribution < -0.4 is 11.3 Å². The molecule has 13 heavy (non-hydrogen) atoms. The van der Waals surface area contributed by atoms with Crippen molar-refractivity contribution in [1.82, 2.24) is 5.43 Å². The predicted molar refractivity (Wildman–Crippen MR) is 34.5 cm³/mol. The molecular weight excluding hydrogens is 195 g/mol. The van der Waals surface area contributed by atoms with Gasteiger partial charge in [0.25, 0.3) is 0 Å². The summed E-state index contributed by atoms with van der Waals surface area (Å²) in [4.78, 5) is 0. The minimum atomic E-state index is -3.25. The molecule has 0 aliphatic heterocycles. The number of alkyl halides is 2. The van der Waals surface area contributed by atoms with Crippen molar-refractivity contribution in [3.05, 3.63) is 23.6 Å². The van der Waals surface area contributed by atoms with Gasteiger partial charge < -0.3 is 0 Å². The summed E-state index contributed by atoms with van der Waals surface area (Å²) in [5.41, 5.74) is 1.21. The Kier molecular flexibility index (Phi) is 2.40. The van der Waals surface area contributed by atoms with Gasteiger partial charge in [-0.3, -0.25) is 5.84 Å². The summed E-state index contributed by atoms with van der Waals surface area (Å²) < 4.78 is 62.7. The zero-order valence-corrected chi connectivity index (χ0v) is 6.12. The third kappa shape index (κ3) is 1.44. The molecule has 0 aromatic heterocycles. The fraction of sp³-hybridized carbons (Fsp3) is 0.333. The molecule has 0 amide bonds. The van der Waals surface area contributed by atoms with Crippen LogP contribution in [0.4, 0.5) is 22.0 Å². The van der Waals surface area contributed by atoms with Gasteiger partial charge in [0, 0.05) is 6.08 Å². The lowest BCUT2D eigenvalue weighted by molar-refractivity contribution is 0.0603. The predicted octanol–water partition coefficient (Wildman–Crippen LogP) is 1.47. The van der Waals surface area contributed by atoms with Crippen molar-refractivity contribution in [3.63, 3.8) is 0 Å². The first-order chi connectivity index (χ1) is 5.92. The Hall–Kier alpha value is -0.950. The van der Waals surface area contributed by atoms with Crippen molar-refractivity contribution < 1.29 is 22.0 Å². The summed E-state index contributed by atoms with van der Waals surface area (Å²) in [6.07, 6.45) is -3.09. The summed E-state index contributed by atoms with van der Waals surface area (Å²) in [6.45, 7) is 0. The van der Waals surface area contributed by atoms with Gasteiger partial charge in [0.05, 0.1) is 0 Å². The van der Waals surface area contributed by atoms with Gasteiger partial charge in [-0.2, -0.15) is 0 Å². The van der Waals surface area contributed by atoms with E-state index < -0.39 is 29.4 Å². The molecule has 1 aliphatic rings. The molecule has 1 rings (SSSR count). The number of rotatable bonds is 1. The van der Waals surface area contributed by atoms with E-state index in [1.165, 1.54) is 5.43 Å². The molecule has 2 nitrogen and oxygen atoms in total. The number of halogens is 5. The third-order valence-corrected chi connectivity index (χ3v) is 1.57. The van der Waals surface area contributed by atoms with E-state index in [2.05, 4.69) is 5.84 Å². The average molecular weight is 200 g/mol. The van der Waals surface area contributed by atoms with E-state index in [1.54, 1.807) is 0 Å². The van der Waals surface area contributed by atoms with E-state index >= 15 is 0 Å². The summed E-state index contributed by atoms with van der Waals surface area (Å²) in [5, 5.41) is 0. The molecule has 0 spiro atoms. The van der Waals surface area contributed by atoms with Gasteiger partial charge in [-0.05, 0) is 0 Å². The minimum absolute atomic E-state index is 0.101. The molecule has 0 radical (unpaired) electrons. The highest BCUT2D eigenvalue weighted by Crippen LogP contribution is 2.36. The maximum Gasteiger partial charge on any atom is 0.233 e. The normalized spacial score (nSPS) is 34.9. The van der Waals surface area contributed by atoms with Crippen LogP contribution >= 0.6 is 0 Å². The monoisotopic (exact) mass is 200 g/mol. The van der Waals surface area contributed by atoms with E-state index in [0.29, 0.717) is 0 Å². The molecule has 0 saturated heterocycles. The summed E-state index contributed by atoms with van der Waals surface area (Å²) in [5.74, 6) is -4.76. The highest BCUT2D eigenvalue weighted by atomic mass is 19.2. The Labute approximate surface area is 69.9 Å². The number of nitrogens with two attached hydrogens (primary N) is 1.